The van der Waals surface area contributed by atoms with E-state index in [-0.39, 0.29) is 0 Å². The predicted molar refractivity (Wildman–Crippen MR) is 72.8 cm³/mol. The van der Waals surface area contributed by atoms with Crippen LogP contribution in [0.2, 0.25) is 0 Å². The molecule has 0 radical (unpaired) electrons. The molecule has 0 fully saturated rings. The van der Waals surface area contributed by atoms with Gasteiger partial charge in [0.15, 0.2) is 0 Å². The number of nitrogens with zero attached hydrogens (tertiary/aromatic N) is 1. The van der Waals surface area contributed by atoms with E-state index >= 15 is 0 Å². The highest BCUT2D eigenvalue weighted by Gasteiger charge is 2.05. The van der Waals surface area contributed by atoms with Gasteiger partial charge < -0.3 is 16.0 Å². The quantitative estimate of drug-likeness (QED) is 0.719. The van der Waals surface area contributed by atoms with E-state index in [1.54, 1.807) is 11.3 Å². The van der Waals surface area contributed by atoms with Crippen molar-refractivity contribution in [2.24, 2.45) is 0 Å². The van der Waals surface area contributed by atoms with Crippen molar-refractivity contribution in [2.75, 3.05) is 25.9 Å². The van der Waals surface area contributed by atoms with Crippen molar-refractivity contribution in [3.05, 3.63) is 16.3 Å². The minimum Gasteiger partial charge on any atom is -0.398 e. The van der Waals surface area contributed by atoms with Crippen molar-refractivity contribution in [3.63, 3.8) is 0 Å². The average molecular weight is 241 g/mol. The number of nitrogens with two attached hydrogens (primary N) is 1. The summed E-state index contributed by atoms with van der Waals surface area (Å²) in [6.07, 6.45) is 1.20. The number of nitrogen functional groups attached to an aromatic ring is 1. The maximum Gasteiger partial charge on any atom is 0.0468 e. The fraction of sp³-hybridized carbons (Fsp3) is 0.667. The van der Waals surface area contributed by atoms with E-state index in [1.165, 1.54) is 11.3 Å². The molecule has 16 heavy (non-hydrogen) atoms. The van der Waals surface area contributed by atoms with E-state index in [0.717, 1.165) is 25.3 Å². The summed E-state index contributed by atoms with van der Waals surface area (Å²) in [7, 11) is 2.18. The molecule has 1 atom stereocenters. The van der Waals surface area contributed by atoms with Crippen molar-refractivity contribution in [1.82, 2.24) is 10.2 Å². The zero-order valence-corrected chi connectivity index (χ0v) is 11.3. The van der Waals surface area contributed by atoms with Crippen molar-refractivity contribution >= 4 is 17.0 Å². The minimum absolute atomic E-state index is 0.661. The number of rotatable bonds is 7. The molecule has 1 unspecified atom stereocenters. The van der Waals surface area contributed by atoms with Crippen LogP contribution in [-0.2, 0) is 6.54 Å². The molecule has 1 rings (SSSR count). The van der Waals surface area contributed by atoms with Crippen molar-refractivity contribution in [2.45, 2.75) is 32.9 Å². The topological polar surface area (TPSA) is 41.3 Å². The highest BCUT2D eigenvalue weighted by Crippen LogP contribution is 2.17. The predicted octanol–water partition coefficient (Wildman–Crippen LogP) is 2.15. The summed E-state index contributed by atoms with van der Waals surface area (Å²) in [4.78, 5) is 3.62. The van der Waals surface area contributed by atoms with Gasteiger partial charge in [-0.05, 0) is 31.8 Å². The molecule has 0 aliphatic heterocycles. The van der Waals surface area contributed by atoms with E-state index in [0.29, 0.717) is 6.04 Å². The summed E-state index contributed by atoms with van der Waals surface area (Å²) < 4.78 is 0. The summed E-state index contributed by atoms with van der Waals surface area (Å²) in [6, 6.07) is 2.63. The Balaban J connectivity index is 2.15. The lowest BCUT2D eigenvalue weighted by molar-refractivity contribution is 0.252. The van der Waals surface area contributed by atoms with Crippen molar-refractivity contribution in [3.8, 4) is 0 Å². The van der Waals surface area contributed by atoms with Crippen LogP contribution in [0.3, 0.4) is 0 Å². The Morgan fingerprint density at radius 3 is 2.88 bits per heavy atom. The van der Waals surface area contributed by atoms with Crippen LogP contribution in [0.1, 0.15) is 25.1 Å². The molecule has 0 bridgehead atoms. The number of thiophene rings is 1. The molecular weight excluding hydrogens is 218 g/mol. The Morgan fingerprint density at radius 2 is 2.31 bits per heavy atom. The van der Waals surface area contributed by atoms with Gasteiger partial charge in [-0.1, -0.05) is 6.92 Å². The van der Waals surface area contributed by atoms with Gasteiger partial charge in [0.2, 0.25) is 0 Å². The first-order chi connectivity index (χ1) is 7.65. The van der Waals surface area contributed by atoms with Crippen LogP contribution in [-0.4, -0.2) is 31.1 Å². The first kappa shape index (κ1) is 13.5. The zero-order valence-electron chi connectivity index (χ0n) is 10.5. The highest BCUT2D eigenvalue weighted by atomic mass is 32.1. The average Bonchev–Trinajstić information content (AvgIpc) is 2.69. The van der Waals surface area contributed by atoms with Crippen LogP contribution < -0.4 is 11.1 Å². The fourth-order valence-corrected chi connectivity index (χ4v) is 2.25. The molecule has 1 heterocycles. The minimum atomic E-state index is 0.661. The maximum atomic E-state index is 5.81. The number of hydrogen-bond acceptors (Lipinski definition) is 4. The molecule has 0 saturated heterocycles. The summed E-state index contributed by atoms with van der Waals surface area (Å²) >= 11 is 1.72. The van der Waals surface area contributed by atoms with Gasteiger partial charge in [-0.25, -0.2) is 0 Å². The third-order valence-corrected chi connectivity index (χ3v) is 3.99. The molecule has 3 N–H and O–H groups in total. The summed E-state index contributed by atoms with van der Waals surface area (Å²) in [6.45, 7) is 7.47. The Kier molecular flexibility index (Phi) is 5.80. The van der Waals surface area contributed by atoms with Gasteiger partial charge in [-0.15, -0.1) is 11.3 Å². The molecule has 3 nitrogen and oxygen atoms in total. The highest BCUT2D eigenvalue weighted by molar-refractivity contribution is 7.10. The standard InChI is InChI=1S/C12H23N3S/c1-4-10(2)15(3)7-6-14-9-12-11(13)5-8-16-12/h5,8,10,14H,4,6-7,9,13H2,1-3H3. The lowest BCUT2D eigenvalue weighted by Crippen LogP contribution is -2.34. The third kappa shape index (κ3) is 4.12. The van der Waals surface area contributed by atoms with Gasteiger partial charge in [0.25, 0.3) is 0 Å². The van der Waals surface area contributed by atoms with Crippen LogP contribution in [0.25, 0.3) is 0 Å². The molecule has 1 aromatic rings. The summed E-state index contributed by atoms with van der Waals surface area (Å²) in [5.74, 6) is 0. The zero-order chi connectivity index (χ0) is 12.0. The second kappa shape index (κ2) is 6.89. The SMILES string of the molecule is CCC(C)N(C)CCNCc1sccc1N. The van der Waals surface area contributed by atoms with Crippen molar-refractivity contribution in [1.29, 1.82) is 0 Å². The number of anilines is 1. The molecule has 0 amide bonds. The molecule has 0 aliphatic rings. The molecule has 4 heteroatoms. The van der Waals surface area contributed by atoms with Gasteiger partial charge >= 0.3 is 0 Å². The van der Waals surface area contributed by atoms with Gasteiger partial charge in [-0.3, -0.25) is 0 Å². The van der Waals surface area contributed by atoms with E-state index < -0.39 is 0 Å². The lowest BCUT2D eigenvalue weighted by Gasteiger charge is -2.23. The Labute approximate surface area is 103 Å². The first-order valence-corrected chi connectivity index (χ1v) is 6.76. The number of hydrogen-bond donors (Lipinski definition) is 2. The maximum absolute atomic E-state index is 5.81. The van der Waals surface area contributed by atoms with Crippen molar-refractivity contribution < 1.29 is 0 Å². The summed E-state index contributed by atoms with van der Waals surface area (Å²) in [5.41, 5.74) is 6.72. The molecule has 1 aromatic heterocycles. The van der Waals surface area contributed by atoms with Gasteiger partial charge in [0.1, 0.15) is 0 Å². The van der Waals surface area contributed by atoms with E-state index in [9.17, 15) is 0 Å². The molecule has 0 aromatic carbocycles. The molecule has 0 aliphatic carbocycles. The third-order valence-electron chi connectivity index (χ3n) is 3.05. The fourth-order valence-electron chi connectivity index (χ4n) is 1.48. The molecule has 92 valence electrons. The van der Waals surface area contributed by atoms with Crippen LogP contribution >= 0.6 is 11.3 Å². The van der Waals surface area contributed by atoms with Gasteiger partial charge in [0, 0.05) is 36.2 Å². The van der Waals surface area contributed by atoms with Crippen LogP contribution in [0.4, 0.5) is 5.69 Å². The summed E-state index contributed by atoms with van der Waals surface area (Å²) in [5, 5.41) is 5.47. The number of nitrogens with one attached hydrogen (secondary N) is 1. The molecule has 0 spiro atoms. The Hall–Kier alpha value is -0.580. The first-order valence-electron chi connectivity index (χ1n) is 5.88. The Morgan fingerprint density at radius 1 is 1.56 bits per heavy atom. The molecule has 0 saturated carbocycles. The van der Waals surface area contributed by atoms with E-state index in [2.05, 4.69) is 31.1 Å². The van der Waals surface area contributed by atoms with E-state index in [1.807, 2.05) is 11.4 Å². The van der Waals surface area contributed by atoms with Gasteiger partial charge in [-0.2, -0.15) is 0 Å². The van der Waals surface area contributed by atoms with Gasteiger partial charge in [0.05, 0.1) is 0 Å². The smallest absolute Gasteiger partial charge is 0.0468 e. The van der Waals surface area contributed by atoms with Crippen LogP contribution in [0.15, 0.2) is 11.4 Å². The largest absolute Gasteiger partial charge is 0.398 e. The van der Waals surface area contributed by atoms with E-state index in [4.69, 9.17) is 5.73 Å². The van der Waals surface area contributed by atoms with Crippen LogP contribution in [0.5, 0.6) is 0 Å². The second-order valence-corrected chi connectivity index (χ2v) is 5.21. The second-order valence-electron chi connectivity index (χ2n) is 4.21. The Bertz CT molecular complexity index is 298. The number of likely N-dealkylation sites (N-methyl/N-ethyl adjacent to an activating group) is 1. The van der Waals surface area contributed by atoms with Crippen LogP contribution in [0, 0.1) is 0 Å². The monoisotopic (exact) mass is 241 g/mol. The normalized spacial score (nSPS) is 13.2. The molecular formula is C12H23N3S. The lowest BCUT2D eigenvalue weighted by atomic mass is 10.2.